The van der Waals surface area contributed by atoms with Crippen LogP contribution in [0, 0.1) is 11.8 Å². The van der Waals surface area contributed by atoms with Crippen molar-refractivity contribution in [3.63, 3.8) is 0 Å². The SMILES string of the molecule is CC[C@H]1C(c2ccc3nc(-c4ccccc4)oc3c2)=NNC(=O)[C@H]1C. The van der Waals surface area contributed by atoms with Crippen molar-refractivity contribution in [2.24, 2.45) is 16.9 Å². The highest BCUT2D eigenvalue weighted by Gasteiger charge is 2.31. The Morgan fingerprint density at radius 3 is 2.68 bits per heavy atom. The van der Waals surface area contributed by atoms with Gasteiger partial charge in [0.2, 0.25) is 11.8 Å². The molecule has 0 aliphatic carbocycles. The van der Waals surface area contributed by atoms with Gasteiger partial charge in [0.15, 0.2) is 5.58 Å². The van der Waals surface area contributed by atoms with Gasteiger partial charge >= 0.3 is 0 Å². The number of hydrazone groups is 1. The fourth-order valence-corrected chi connectivity index (χ4v) is 3.33. The molecule has 5 heteroatoms. The zero-order chi connectivity index (χ0) is 17.4. The van der Waals surface area contributed by atoms with Crippen LogP contribution in [-0.4, -0.2) is 16.6 Å². The van der Waals surface area contributed by atoms with Crippen LogP contribution in [-0.2, 0) is 4.79 Å². The van der Waals surface area contributed by atoms with Crippen molar-refractivity contribution < 1.29 is 9.21 Å². The molecule has 2 atom stereocenters. The highest BCUT2D eigenvalue weighted by atomic mass is 16.3. The molecular weight excluding hydrogens is 314 g/mol. The lowest BCUT2D eigenvalue weighted by molar-refractivity contribution is -0.125. The molecule has 0 unspecified atom stereocenters. The van der Waals surface area contributed by atoms with Crippen molar-refractivity contribution in [3.8, 4) is 11.5 Å². The van der Waals surface area contributed by atoms with Gasteiger partial charge in [0.25, 0.3) is 0 Å². The van der Waals surface area contributed by atoms with Crippen LogP contribution in [0.3, 0.4) is 0 Å². The van der Waals surface area contributed by atoms with E-state index in [4.69, 9.17) is 4.42 Å². The zero-order valence-corrected chi connectivity index (χ0v) is 14.2. The van der Waals surface area contributed by atoms with E-state index < -0.39 is 0 Å². The zero-order valence-electron chi connectivity index (χ0n) is 14.2. The van der Waals surface area contributed by atoms with E-state index in [1.165, 1.54) is 0 Å². The van der Waals surface area contributed by atoms with Gasteiger partial charge < -0.3 is 4.42 Å². The minimum Gasteiger partial charge on any atom is -0.436 e. The first-order valence-electron chi connectivity index (χ1n) is 8.51. The molecule has 3 aromatic rings. The number of benzene rings is 2. The van der Waals surface area contributed by atoms with Gasteiger partial charge in [0.05, 0.1) is 5.71 Å². The van der Waals surface area contributed by atoms with E-state index in [9.17, 15) is 4.79 Å². The minimum atomic E-state index is -0.0946. The summed E-state index contributed by atoms with van der Waals surface area (Å²) in [7, 11) is 0. The van der Waals surface area contributed by atoms with E-state index in [1.54, 1.807) is 0 Å². The third kappa shape index (κ3) is 2.71. The summed E-state index contributed by atoms with van der Waals surface area (Å²) in [5.74, 6) is 0.584. The molecule has 1 amide bonds. The maximum atomic E-state index is 11.9. The first-order chi connectivity index (χ1) is 12.2. The third-order valence-electron chi connectivity index (χ3n) is 4.80. The molecule has 1 aromatic heterocycles. The number of nitrogens with zero attached hydrogens (tertiary/aromatic N) is 2. The molecule has 25 heavy (non-hydrogen) atoms. The van der Waals surface area contributed by atoms with Crippen LogP contribution in [0.25, 0.3) is 22.6 Å². The van der Waals surface area contributed by atoms with Crippen molar-refractivity contribution in [2.45, 2.75) is 20.3 Å². The summed E-state index contributed by atoms with van der Waals surface area (Å²) in [5, 5.41) is 4.31. The van der Waals surface area contributed by atoms with E-state index in [1.807, 2.05) is 55.5 Å². The Bertz CT molecular complexity index is 959. The van der Waals surface area contributed by atoms with Gasteiger partial charge in [-0.1, -0.05) is 38.1 Å². The maximum absolute atomic E-state index is 11.9. The summed E-state index contributed by atoms with van der Waals surface area (Å²) in [4.78, 5) is 16.4. The average molecular weight is 333 g/mol. The molecule has 126 valence electrons. The van der Waals surface area contributed by atoms with Crippen LogP contribution in [0.1, 0.15) is 25.8 Å². The summed E-state index contributed by atoms with van der Waals surface area (Å²) >= 11 is 0. The second kappa shape index (κ2) is 6.16. The van der Waals surface area contributed by atoms with Gasteiger partial charge in [-0.05, 0) is 30.7 Å². The van der Waals surface area contributed by atoms with Crippen LogP contribution in [0.15, 0.2) is 58.0 Å². The van der Waals surface area contributed by atoms with Crippen molar-refractivity contribution in [1.82, 2.24) is 10.4 Å². The molecule has 0 radical (unpaired) electrons. The summed E-state index contributed by atoms with van der Waals surface area (Å²) in [5.41, 5.74) is 6.96. The predicted octanol–water partition coefficient (Wildman–Crippen LogP) is 3.99. The molecule has 4 rings (SSSR count). The standard InChI is InChI=1S/C20H19N3O2/c1-3-15-12(2)19(24)23-22-18(15)14-9-10-16-17(11-14)25-20(21-16)13-7-5-4-6-8-13/h4-12,15H,3H2,1-2H3,(H,23,24)/t12-,15+/m0/s1. The molecule has 1 aliphatic heterocycles. The second-order valence-electron chi connectivity index (χ2n) is 6.34. The number of oxazole rings is 1. The molecule has 0 fully saturated rings. The molecule has 2 heterocycles. The first kappa shape index (κ1) is 15.6. The lowest BCUT2D eigenvalue weighted by Gasteiger charge is -2.27. The minimum absolute atomic E-state index is 0.0253. The largest absolute Gasteiger partial charge is 0.436 e. The number of carbonyl (C=O) groups is 1. The fraction of sp³-hybridized carbons (Fsp3) is 0.250. The lowest BCUT2D eigenvalue weighted by atomic mass is 9.83. The molecule has 5 nitrogen and oxygen atoms in total. The van der Waals surface area contributed by atoms with Gasteiger partial charge in [0, 0.05) is 23.0 Å². The van der Waals surface area contributed by atoms with Crippen LogP contribution in [0.4, 0.5) is 0 Å². The van der Waals surface area contributed by atoms with Crippen LogP contribution >= 0.6 is 0 Å². The Morgan fingerprint density at radius 1 is 1.12 bits per heavy atom. The Balaban J connectivity index is 1.75. The Hall–Kier alpha value is -2.95. The molecule has 0 saturated heterocycles. The van der Waals surface area contributed by atoms with Crippen molar-refractivity contribution in [2.75, 3.05) is 0 Å². The number of hydrogen-bond acceptors (Lipinski definition) is 4. The van der Waals surface area contributed by atoms with E-state index in [2.05, 4.69) is 22.4 Å². The van der Waals surface area contributed by atoms with E-state index in [0.29, 0.717) is 5.89 Å². The molecular formula is C20H19N3O2. The van der Waals surface area contributed by atoms with Gasteiger partial charge in [0.1, 0.15) is 5.52 Å². The monoisotopic (exact) mass is 333 g/mol. The number of fused-ring (bicyclic) bond motifs is 1. The average Bonchev–Trinajstić information content (AvgIpc) is 3.08. The third-order valence-corrected chi connectivity index (χ3v) is 4.80. The van der Waals surface area contributed by atoms with E-state index >= 15 is 0 Å². The summed E-state index contributed by atoms with van der Waals surface area (Å²) in [6.07, 6.45) is 0.858. The predicted molar refractivity (Wildman–Crippen MR) is 97.1 cm³/mol. The molecule has 0 saturated carbocycles. The van der Waals surface area contributed by atoms with Crippen LogP contribution in [0.5, 0.6) is 0 Å². The van der Waals surface area contributed by atoms with Gasteiger partial charge in [-0.25, -0.2) is 10.4 Å². The molecule has 0 bridgehead atoms. The summed E-state index contributed by atoms with van der Waals surface area (Å²) in [6.45, 7) is 4.02. The second-order valence-corrected chi connectivity index (χ2v) is 6.34. The highest BCUT2D eigenvalue weighted by Crippen LogP contribution is 2.29. The number of rotatable bonds is 3. The molecule has 0 spiro atoms. The van der Waals surface area contributed by atoms with Crippen LogP contribution in [0.2, 0.25) is 0 Å². The number of aromatic nitrogens is 1. The summed E-state index contributed by atoms with van der Waals surface area (Å²) < 4.78 is 5.95. The van der Waals surface area contributed by atoms with E-state index in [-0.39, 0.29) is 17.7 Å². The maximum Gasteiger partial charge on any atom is 0.243 e. The van der Waals surface area contributed by atoms with Crippen LogP contribution < -0.4 is 5.43 Å². The lowest BCUT2D eigenvalue weighted by Crippen LogP contribution is -2.40. The van der Waals surface area contributed by atoms with E-state index in [0.717, 1.165) is 34.4 Å². The Labute approximate surface area is 145 Å². The van der Waals surface area contributed by atoms with Crippen molar-refractivity contribution in [1.29, 1.82) is 0 Å². The first-order valence-corrected chi connectivity index (χ1v) is 8.51. The van der Waals surface area contributed by atoms with Crippen molar-refractivity contribution >= 4 is 22.7 Å². The smallest absolute Gasteiger partial charge is 0.243 e. The molecule has 2 aromatic carbocycles. The van der Waals surface area contributed by atoms with Gasteiger partial charge in [-0.3, -0.25) is 4.79 Å². The topological polar surface area (TPSA) is 67.5 Å². The molecule has 1 N–H and O–H groups in total. The Kier molecular flexibility index (Phi) is 3.84. The molecule has 1 aliphatic rings. The van der Waals surface area contributed by atoms with Gasteiger partial charge in [-0.2, -0.15) is 5.10 Å². The number of amides is 1. The highest BCUT2D eigenvalue weighted by molar-refractivity contribution is 6.07. The Morgan fingerprint density at radius 2 is 1.92 bits per heavy atom. The number of carbonyl (C=O) groups excluding carboxylic acids is 1. The normalized spacial score (nSPS) is 20.4. The number of nitrogens with one attached hydrogen (secondary N) is 1. The quantitative estimate of drug-likeness (QED) is 0.788. The fourth-order valence-electron chi connectivity index (χ4n) is 3.33. The summed E-state index contributed by atoms with van der Waals surface area (Å²) in [6, 6.07) is 15.7. The number of hydrogen-bond donors (Lipinski definition) is 1. The van der Waals surface area contributed by atoms with Gasteiger partial charge in [-0.15, -0.1) is 0 Å². The van der Waals surface area contributed by atoms with Crippen molar-refractivity contribution in [3.05, 3.63) is 54.1 Å².